The molecule has 2 unspecified atom stereocenters. The molecular formula is C20H20N4S2. The quantitative estimate of drug-likeness (QED) is 0.501. The molecule has 6 heteroatoms. The summed E-state index contributed by atoms with van der Waals surface area (Å²) in [4.78, 5) is 16.7. The number of hydrogen-bond acceptors (Lipinski definition) is 5. The van der Waals surface area contributed by atoms with E-state index in [1.54, 1.807) is 11.3 Å². The molecule has 4 nitrogen and oxygen atoms in total. The van der Waals surface area contributed by atoms with Gasteiger partial charge in [-0.1, -0.05) is 6.08 Å². The molecule has 0 radical (unpaired) electrons. The molecule has 3 aromatic rings. The molecule has 2 N–H and O–H groups in total. The maximum absolute atomic E-state index is 5.92. The van der Waals surface area contributed by atoms with Gasteiger partial charge in [-0.25, -0.2) is 9.98 Å². The Hall–Kier alpha value is -2.15. The molecule has 4 heterocycles. The first-order chi connectivity index (χ1) is 12.6. The van der Waals surface area contributed by atoms with Crippen molar-refractivity contribution in [2.24, 2.45) is 4.99 Å². The van der Waals surface area contributed by atoms with Gasteiger partial charge in [0, 0.05) is 50.1 Å². The highest BCUT2D eigenvalue weighted by Crippen LogP contribution is 2.54. The maximum atomic E-state index is 5.92. The van der Waals surface area contributed by atoms with Gasteiger partial charge in [-0.15, -0.1) is 11.3 Å². The Bertz CT molecular complexity index is 1080. The molecule has 132 valence electrons. The lowest BCUT2D eigenvalue weighted by atomic mass is 10.1. The summed E-state index contributed by atoms with van der Waals surface area (Å²) in [5, 5.41) is 1.26. The van der Waals surface area contributed by atoms with Crippen molar-refractivity contribution >= 4 is 54.9 Å². The number of anilines is 1. The van der Waals surface area contributed by atoms with E-state index < -0.39 is 10.9 Å². The van der Waals surface area contributed by atoms with Crippen LogP contribution in [-0.2, 0) is 0 Å². The van der Waals surface area contributed by atoms with Crippen LogP contribution in [-0.4, -0.2) is 35.1 Å². The van der Waals surface area contributed by atoms with Crippen LogP contribution < -0.4 is 5.73 Å². The fourth-order valence-corrected chi connectivity index (χ4v) is 6.85. The van der Waals surface area contributed by atoms with E-state index >= 15 is 0 Å². The summed E-state index contributed by atoms with van der Waals surface area (Å²) < 4.78 is 0. The number of hydrogen-bond donors (Lipinski definition) is 2. The van der Waals surface area contributed by atoms with Crippen LogP contribution in [0.2, 0.25) is 0 Å². The van der Waals surface area contributed by atoms with Crippen LogP contribution in [0.5, 0.6) is 0 Å². The average Bonchev–Trinajstić information content (AvgIpc) is 3.32. The van der Waals surface area contributed by atoms with Gasteiger partial charge in [-0.3, -0.25) is 4.90 Å². The lowest BCUT2D eigenvalue weighted by Crippen LogP contribution is -2.23. The zero-order valence-electron chi connectivity index (χ0n) is 14.7. The van der Waals surface area contributed by atoms with Gasteiger partial charge in [-0.2, -0.15) is 10.9 Å². The van der Waals surface area contributed by atoms with Crippen LogP contribution in [0.1, 0.15) is 11.8 Å². The van der Waals surface area contributed by atoms with E-state index in [4.69, 9.17) is 5.73 Å². The van der Waals surface area contributed by atoms with E-state index in [-0.39, 0.29) is 0 Å². The Kier molecular flexibility index (Phi) is 3.67. The Morgan fingerprint density at radius 3 is 2.92 bits per heavy atom. The van der Waals surface area contributed by atoms with Crippen LogP contribution in [0.3, 0.4) is 0 Å². The number of benzene rings is 1. The van der Waals surface area contributed by atoms with Crippen LogP contribution in [0, 0.1) is 0 Å². The molecule has 26 heavy (non-hydrogen) atoms. The van der Waals surface area contributed by atoms with E-state index in [0.717, 1.165) is 22.7 Å². The Morgan fingerprint density at radius 2 is 2.12 bits per heavy atom. The number of aromatic nitrogens is 1. The lowest BCUT2D eigenvalue weighted by Gasteiger charge is -2.17. The minimum Gasteiger partial charge on any atom is -0.399 e. The third kappa shape index (κ3) is 2.40. The van der Waals surface area contributed by atoms with Crippen molar-refractivity contribution < 1.29 is 0 Å². The minimum absolute atomic E-state index is 0.453. The van der Waals surface area contributed by atoms with Gasteiger partial charge in [0.15, 0.2) is 0 Å². The lowest BCUT2D eigenvalue weighted by molar-refractivity contribution is 0.358. The molecule has 2 aliphatic rings. The highest BCUT2D eigenvalue weighted by molar-refractivity contribution is 8.29. The normalized spacial score (nSPS) is 23.5. The largest absolute Gasteiger partial charge is 0.399 e. The number of aliphatic imine (C=N–C) groups is 1. The summed E-state index contributed by atoms with van der Waals surface area (Å²) in [5.41, 5.74) is 11.2. The second-order valence-electron chi connectivity index (χ2n) is 6.80. The smallest absolute Gasteiger partial charge is 0.124 e. The molecule has 0 fully saturated rings. The molecule has 0 saturated carbocycles. The monoisotopic (exact) mass is 380 g/mol. The van der Waals surface area contributed by atoms with Gasteiger partial charge >= 0.3 is 0 Å². The van der Waals surface area contributed by atoms with Gasteiger partial charge in [0.25, 0.3) is 0 Å². The van der Waals surface area contributed by atoms with Crippen LogP contribution in [0.25, 0.3) is 15.8 Å². The SMILES string of the molecule is CC1C(c2cc3c([SH]4C=Nc5cc(N)ccc54)ccnc3s2)=CCN1C. The van der Waals surface area contributed by atoms with Gasteiger partial charge in [-0.05, 0) is 49.9 Å². The molecule has 1 aromatic carbocycles. The van der Waals surface area contributed by atoms with Gasteiger partial charge in [0.1, 0.15) is 4.83 Å². The predicted octanol–water partition coefficient (Wildman–Crippen LogP) is 4.69. The van der Waals surface area contributed by atoms with Crippen molar-refractivity contribution in [3.63, 3.8) is 0 Å². The fraction of sp³-hybridized carbons (Fsp3) is 0.200. The van der Waals surface area contributed by atoms with E-state index in [9.17, 15) is 0 Å². The number of nitrogen functional groups attached to an aromatic ring is 1. The van der Waals surface area contributed by atoms with E-state index in [0.29, 0.717) is 6.04 Å². The standard InChI is InChI=1S/C20H20N4S2/c1-12-14(6-8-24(12)2)17-10-15-18(5-7-22-20(15)25-17)26-11-23-16-9-13(21)3-4-19(16)26/h3-7,9-12,26H,8,21H2,1-2H3. The average molecular weight is 381 g/mol. The zero-order chi connectivity index (χ0) is 17.8. The topological polar surface area (TPSA) is 54.5 Å². The highest BCUT2D eigenvalue weighted by atomic mass is 32.2. The fourth-order valence-electron chi connectivity index (χ4n) is 3.62. The number of thiophene rings is 1. The summed E-state index contributed by atoms with van der Waals surface area (Å²) in [6.45, 7) is 3.28. The molecule has 0 aliphatic carbocycles. The number of nitrogens with two attached hydrogens (primary N) is 1. The minimum atomic E-state index is -0.597. The summed E-state index contributed by atoms with van der Waals surface area (Å²) in [7, 11) is 1.58. The number of pyridine rings is 1. The third-order valence-corrected chi connectivity index (χ3v) is 8.48. The van der Waals surface area contributed by atoms with Crippen molar-refractivity contribution in [3.8, 4) is 0 Å². The molecule has 0 saturated heterocycles. The van der Waals surface area contributed by atoms with Gasteiger partial charge in [0.2, 0.25) is 0 Å². The highest BCUT2D eigenvalue weighted by Gasteiger charge is 2.25. The molecule has 2 aromatic heterocycles. The number of thiol groups is 1. The van der Waals surface area contributed by atoms with Crippen LogP contribution >= 0.6 is 22.2 Å². The summed E-state index contributed by atoms with van der Waals surface area (Å²) in [6, 6.07) is 11.0. The van der Waals surface area contributed by atoms with Crippen molar-refractivity contribution in [2.75, 3.05) is 19.3 Å². The molecule has 0 amide bonds. The number of fused-ring (bicyclic) bond motifs is 2. The molecule has 0 spiro atoms. The summed E-state index contributed by atoms with van der Waals surface area (Å²) >= 11 is 1.80. The van der Waals surface area contributed by atoms with Crippen LogP contribution in [0.4, 0.5) is 11.4 Å². The first kappa shape index (κ1) is 16.1. The van der Waals surface area contributed by atoms with Gasteiger partial charge in [0.05, 0.1) is 5.69 Å². The number of likely N-dealkylation sites (N-methyl/N-ethyl adjacent to an activating group) is 1. The molecule has 2 atom stereocenters. The molecular weight excluding hydrogens is 360 g/mol. The Labute approximate surface area is 159 Å². The molecule has 2 aliphatic heterocycles. The second-order valence-corrected chi connectivity index (χ2v) is 9.76. The van der Waals surface area contributed by atoms with Gasteiger partial charge < -0.3 is 5.73 Å². The summed E-state index contributed by atoms with van der Waals surface area (Å²) in [6.07, 6.45) is 4.28. The number of rotatable bonds is 2. The first-order valence-corrected chi connectivity index (χ1v) is 10.9. The maximum Gasteiger partial charge on any atom is 0.124 e. The molecule has 0 bridgehead atoms. The Morgan fingerprint density at radius 1 is 1.23 bits per heavy atom. The zero-order valence-corrected chi connectivity index (χ0v) is 16.4. The van der Waals surface area contributed by atoms with Crippen molar-refractivity contribution in [3.05, 3.63) is 47.5 Å². The van der Waals surface area contributed by atoms with Crippen LogP contribution in [0.15, 0.2) is 57.4 Å². The molecule has 5 rings (SSSR count). The van der Waals surface area contributed by atoms with E-state index in [2.05, 4.69) is 58.7 Å². The second kappa shape index (κ2) is 5.94. The van der Waals surface area contributed by atoms with Crippen molar-refractivity contribution in [2.45, 2.75) is 22.8 Å². The third-order valence-electron chi connectivity index (χ3n) is 5.24. The summed E-state index contributed by atoms with van der Waals surface area (Å²) in [5.74, 6) is 0. The van der Waals surface area contributed by atoms with E-state index in [1.807, 2.05) is 18.3 Å². The predicted molar refractivity (Wildman–Crippen MR) is 114 cm³/mol. The number of nitrogens with zero attached hydrogens (tertiary/aromatic N) is 3. The van der Waals surface area contributed by atoms with Crippen molar-refractivity contribution in [1.82, 2.24) is 9.88 Å². The van der Waals surface area contributed by atoms with Crippen molar-refractivity contribution in [1.29, 1.82) is 0 Å². The first-order valence-electron chi connectivity index (χ1n) is 8.64. The Balaban J connectivity index is 1.62. The van der Waals surface area contributed by atoms with E-state index in [1.165, 1.54) is 25.6 Å².